The molecule has 25 heavy (non-hydrogen) atoms. The molecule has 0 radical (unpaired) electrons. The van der Waals surface area contributed by atoms with Gasteiger partial charge in [-0.3, -0.25) is 4.90 Å². The van der Waals surface area contributed by atoms with Gasteiger partial charge in [0.05, 0.1) is 6.54 Å². The molecule has 1 N–H and O–H groups in total. The maximum Gasteiger partial charge on any atom is 0.167 e. The second-order valence-corrected chi connectivity index (χ2v) is 7.53. The summed E-state index contributed by atoms with van der Waals surface area (Å²) in [6, 6.07) is 0. The Hall–Kier alpha value is -0.670. The molecule has 1 atom stereocenters. The van der Waals surface area contributed by atoms with E-state index in [4.69, 9.17) is 0 Å². The molecule has 1 rings (SSSR count). The summed E-state index contributed by atoms with van der Waals surface area (Å²) in [5, 5.41) is 3.46. The van der Waals surface area contributed by atoms with Crippen molar-refractivity contribution < 1.29 is 4.58 Å². The smallest absolute Gasteiger partial charge is 0.167 e. The molecule has 0 aliphatic carbocycles. The Kier molecular flexibility index (Phi) is 13.0. The van der Waals surface area contributed by atoms with Crippen molar-refractivity contribution >= 4 is 6.21 Å². The van der Waals surface area contributed by atoms with E-state index in [1.165, 1.54) is 71.0 Å². The van der Waals surface area contributed by atoms with Gasteiger partial charge in [-0.25, -0.2) is 4.58 Å². The van der Waals surface area contributed by atoms with Crippen molar-refractivity contribution in [3.63, 3.8) is 0 Å². The van der Waals surface area contributed by atoms with Crippen LogP contribution in [0.2, 0.25) is 0 Å². The Morgan fingerprint density at radius 3 is 2.40 bits per heavy atom. The van der Waals surface area contributed by atoms with Crippen molar-refractivity contribution in [2.75, 3.05) is 39.3 Å². The van der Waals surface area contributed by atoms with Gasteiger partial charge in [0.15, 0.2) is 12.7 Å². The number of nitrogens with one attached hydrogen (secondary N) is 1. The van der Waals surface area contributed by atoms with Gasteiger partial charge in [-0.1, -0.05) is 47.0 Å². The first-order chi connectivity index (χ1) is 12.2. The lowest BCUT2D eigenvalue weighted by Gasteiger charge is -2.26. The fourth-order valence-corrected chi connectivity index (χ4v) is 3.47. The Morgan fingerprint density at radius 1 is 1.08 bits per heavy atom. The van der Waals surface area contributed by atoms with Crippen LogP contribution in [0.1, 0.15) is 79.1 Å². The van der Waals surface area contributed by atoms with Crippen LogP contribution in [-0.2, 0) is 0 Å². The molecular formula is C22H44N3+. The van der Waals surface area contributed by atoms with Crippen molar-refractivity contribution in [2.45, 2.75) is 79.1 Å². The first-order valence-electron chi connectivity index (χ1n) is 11.0. The highest BCUT2D eigenvalue weighted by Gasteiger charge is 2.15. The third-order valence-electron chi connectivity index (χ3n) is 5.39. The quantitative estimate of drug-likeness (QED) is 0.384. The summed E-state index contributed by atoms with van der Waals surface area (Å²) in [4.78, 5) is 2.61. The Bertz CT molecular complexity index is 381. The molecule has 3 nitrogen and oxygen atoms in total. The molecule has 1 aliphatic heterocycles. The molecule has 0 bridgehead atoms. The lowest BCUT2D eigenvalue weighted by atomic mass is 10.0. The predicted molar refractivity (Wildman–Crippen MR) is 112 cm³/mol. The minimum Gasteiger partial charge on any atom is -0.314 e. The minimum absolute atomic E-state index is 0.725. The van der Waals surface area contributed by atoms with Gasteiger partial charge in [0, 0.05) is 32.1 Å². The number of rotatable bonds is 13. The maximum absolute atomic E-state index is 3.46. The van der Waals surface area contributed by atoms with Crippen molar-refractivity contribution in [1.82, 2.24) is 10.2 Å². The van der Waals surface area contributed by atoms with E-state index in [-0.39, 0.29) is 0 Å². The molecule has 0 saturated carbocycles. The first-order valence-corrected chi connectivity index (χ1v) is 11.0. The molecule has 3 heteroatoms. The number of unbranched alkanes of at least 4 members (excludes halogenated alkanes) is 2. The van der Waals surface area contributed by atoms with Crippen LogP contribution < -0.4 is 5.32 Å². The van der Waals surface area contributed by atoms with E-state index in [2.05, 4.69) is 54.9 Å². The monoisotopic (exact) mass is 350 g/mol. The van der Waals surface area contributed by atoms with Crippen LogP contribution in [0.5, 0.6) is 0 Å². The van der Waals surface area contributed by atoms with Crippen molar-refractivity contribution in [3.8, 4) is 0 Å². The molecule has 0 aromatic rings. The SMILES string of the molecule is CCCCC(=C[N+](=CC(CC)CCCC)CCN1CCNCC1)CC. The standard InChI is InChI=1S/C22H44N3/c1-5-9-11-21(7-3)19-25(20-22(8-4)12-10-6-2)18-17-24-15-13-23-14-16-24/h19-21,23H,5-18H2,1-4H3/q+1. The van der Waals surface area contributed by atoms with Crippen LogP contribution in [-0.4, -0.2) is 55.0 Å². The molecule has 0 aromatic carbocycles. The third-order valence-corrected chi connectivity index (χ3v) is 5.39. The van der Waals surface area contributed by atoms with Crippen molar-refractivity contribution in [3.05, 3.63) is 11.8 Å². The normalized spacial score (nSPS) is 18.6. The third kappa shape index (κ3) is 10.2. The molecule has 1 fully saturated rings. The average molecular weight is 351 g/mol. The van der Waals surface area contributed by atoms with Gasteiger partial charge in [-0.05, 0) is 37.7 Å². The zero-order valence-electron chi connectivity index (χ0n) is 17.5. The Morgan fingerprint density at radius 2 is 1.80 bits per heavy atom. The van der Waals surface area contributed by atoms with Crippen LogP contribution >= 0.6 is 0 Å². The van der Waals surface area contributed by atoms with Crippen LogP contribution in [0.15, 0.2) is 11.8 Å². The highest BCUT2D eigenvalue weighted by Crippen LogP contribution is 2.13. The lowest BCUT2D eigenvalue weighted by molar-refractivity contribution is -0.456. The molecule has 1 saturated heterocycles. The van der Waals surface area contributed by atoms with E-state index in [0.29, 0.717) is 0 Å². The van der Waals surface area contributed by atoms with Gasteiger partial charge in [-0.2, -0.15) is 0 Å². The number of nitrogens with zero attached hydrogens (tertiary/aromatic N) is 2. The Labute approximate surface area is 157 Å². The van der Waals surface area contributed by atoms with Gasteiger partial charge in [0.25, 0.3) is 0 Å². The minimum atomic E-state index is 0.725. The van der Waals surface area contributed by atoms with E-state index in [9.17, 15) is 0 Å². The molecular weight excluding hydrogens is 306 g/mol. The zero-order chi connectivity index (χ0) is 18.3. The van der Waals surface area contributed by atoms with Crippen LogP contribution in [0.3, 0.4) is 0 Å². The molecule has 146 valence electrons. The lowest BCUT2D eigenvalue weighted by Crippen LogP contribution is -2.45. The second-order valence-electron chi connectivity index (χ2n) is 7.53. The predicted octanol–water partition coefficient (Wildman–Crippen LogP) is 4.68. The molecule has 0 spiro atoms. The molecule has 0 amide bonds. The van der Waals surface area contributed by atoms with Crippen molar-refractivity contribution in [1.29, 1.82) is 0 Å². The Balaban J connectivity index is 2.76. The summed E-state index contributed by atoms with van der Waals surface area (Å²) in [5.74, 6) is 0.725. The summed E-state index contributed by atoms with van der Waals surface area (Å²) in [6.07, 6.45) is 15.3. The number of hydrogen-bond acceptors (Lipinski definition) is 2. The van der Waals surface area contributed by atoms with Crippen LogP contribution in [0, 0.1) is 5.92 Å². The van der Waals surface area contributed by atoms with Crippen LogP contribution in [0.4, 0.5) is 0 Å². The highest BCUT2D eigenvalue weighted by molar-refractivity contribution is 5.55. The van der Waals surface area contributed by atoms with Gasteiger partial charge in [0.2, 0.25) is 0 Å². The summed E-state index contributed by atoms with van der Waals surface area (Å²) >= 11 is 0. The van der Waals surface area contributed by atoms with Gasteiger partial charge in [-0.15, -0.1) is 0 Å². The highest BCUT2D eigenvalue weighted by atomic mass is 15.2. The fraction of sp³-hybridized carbons (Fsp3) is 0.864. The fourth-order valence-electron chi connectivity index (χ4n) is 3.47. The topological polar surface area (TPSA) is 18.3 Å². The molecule has 1 heterocycles. The van der Waals surface area contributed by atoms with Gasteiger partial charge >= 0.3 is 0 Å². The molecule has 1 unspecified atom stereocenters. The summed E-state index contributed by atoms with van der Waals surface area (Å²) < 4.78 is 2.54. The molecule has 0 aromatic heterocycles. The average Bonchev–Trinajstić information content (AvgIpc) is 2.66. The largest absolute Gasteiger partial charge is 0.314 e. The van der Waals surface area contributed by atoms with E-state index in [1.807, 2.05) is 0 Å². The summed E-state index contributed by atoms with van der Waals surface area (Å²) in [7, 11) is 0. The van der Waals surface area contributed by atoms with E-state index >= 15 is 0 Å². The van der Waals surface area contributed by atoms with Gasteiger partial charge < -0.3 is 5.32 Å². The summed E-state index contributed by atoms with van der Waals surface area (Å²) in [6.45, 7) is 16.2. The van der Waals surface area contributed by atoms with E-state index in [1.54, 1.807) is 5.57 Å². The number of piperazine rings is 1. The van der Waals surface area contributed by atoms with E-state index < -0.39 is 0 Å². The van der Waals surface area contributed by atoms with Gasteiger partial charge in [0.1, 0.15) is 6.21 Å². The maximum atomic E-state index is 3.46. The second kappa shape index (κ2) is 14.5. The summed E-state index contributed by atoms with van der Waals surface area (Å²) in [5.41, 5.74) is 1.61. The number of allylic oxidation sites excluding steroid dienone is 1. The zero-order valence-corrected chi connectivity index (χ0v) is 17.5. The van der Waals surface area contributed by atoms with Crippen LogP contribution in [0.25, 0.3) is 0 Å². The number of hydrogen-bond donors (Lipinski definition) is 1. The van der Waals surface area contributed by atoms with Crippen molar-refractivity contribution in [2.24, 2.45) is 5.92 Å². The first kappa shape index (κ1) is 22.4. The molecule has 1 aliphatic rings. The van der Waals surface area contributed by atoms with E-state index in [0.717, 1.165) is 25.6 Å².